The predicted octanol–water partition coefficient (Wildman–Crippen LogP) is 2.44. The molecular weight excluding hydrogens is 214 g/mol. The summed E-state index contributed by atoms with van der Waals surface area (Å²) < 4.78 is 0.581. The third kappa shape index (κ3) is 3.09. The van der Waals surface area contributed by atoms with E-state index in [9.17, 15) is 4.79 Å². The lowest BCUT2D eigenvalue weighted by molar-refractivity contribution is -0.118. The van der Waals surface area contributed by atoms with Crippen LogP contribution in [0.3, 0.4) is 0 Å². The molecule has 0 N–H and O–H groups in total. The smallest absolute Gasteiger partial charge is 0.210 e. The van der Waals surface area contributed by atoms with Gasteiger partial charge < -0.3 is 4.90 Å². The van der Waals surface area contributed by atoms with Gasteiger partial charge >= 0.3 is 0 Å². The van der Waals surface area contributed by atoms with Crippen LogP contribution in [-0.4, -0.2) is 40.0 Å². The Bertz CT molecular complexity index is 172. The van der Waals surface area contributed by atoms with Gasteiger partial charge in [0.25, 0.3) is 0 Å². The van der Waals surface area contributed by atoms with E-state index in [0.29, 0.717) is 10.6 Å². The highest BCUT2D eigenvalue weighted by Gasteiger charge is 2.30. The number of nitrogens with zero attached hydrogens (tertiary/aromatic N) is 1. The maximum atomic E-state index is 10.8. The van der Waals surface area contributed by atoms with Gasteiger partial charge in [0, 0.05) is 6.54 Å². The first kappa shape index (κ1) is 12.2. The minimum absolute atomic E-state index is 0.474. The molecule has 0 bridgehead atoms. The Balaban J connectivity index is 2.51. The van der Waals surface area contributed by atoms with E-state index in [1.165, 1.54) is 12.8 Å². The molecular formula is C10H19NOS2. The normalized spacial score (nSPS) is 21.9. The van der Waals surface area contributed by atoms with Crippen molar-refractivity contribution in [2.75, 3.05) is 18.1 Å². The first-order valence-corrected chi connectivity index (χ1v) is 7.37. The van der Waals surface area contributed by atoms with Gasteiger partial charge in [-0.2, -0.15) is 0 Å². The minimum atomic E-state index is 0.474. The SMILES string of the molecule is CCSC(SCC)[C@@H]1CCCN1C=O. The van der Waals surface area contributed by atoms with Gasteiger partial charge in [-0.05, 0) is 24.3 Å². The van der Waals surface area contributed by atoms with Crippen molar-refractivity contribution in [1.82, 2.24) is 4.90 Å². The van der Waals surface area contributed by atoms with Crippen LogP contribution in [-0.2, 0) is 4.79 Å². The summed E-state index contributed by atoms with van der Waals surface area (Å²) in [4.78, 5) is 12.8. The van der Waals surface area contributed by atoms with E-state index in [-0.39, 0.29) is 0 Å². The molecule has 0 saturated carbocycles. The van der Waals surface area contributed by atoms with Crippen molar-refractivity contribution in [3.63, 3.8) is 0 Å². The Morgan fingerprint density at radius 1 is 1.43 bits per heavy atom. The zero-order chi connectivity index (χ0) is 10.4. The quantitative estimate of drug-likeness (QED) is 0.519. The van der Waals surface area contributed by atoms with Crippen molar-refractivity contribution in [3.05, 3.63) is 0 Å². The highest BCUT2D eigenvalue weighted by molar-refractivity contribution is 8.17. The van der Waals surface area contributed by atoms with Crippen molar-refractivity contribution in [2.45, 2.75) is 37.3 Å². The first-order chi connectivity index (χ1) is 6.83. The summed E-state index contributed by atoms with van der Waals surface area (Å²) in [6.45, 7) is 5.33. The Morgan fingerprint density at radius 3 is 2.57 bits per heavy atom. The summed E-state index contributed by atoms with van der Waals surface area (Å²) in [6, 6.07) is 0.474. The predicted molar refractivity (Wildman–Crippen MR) is 65.8 cm³/mol. The highest BCUT2D eigenvalue weighted by atomic mass is 32.2. The molecule has 0 aromatic carbocycles. The Kier molecular flexibility index (Phi) is 5.78. The molecule has 0 spiro atoms. The fourth-order valence-corrected chi connectivity index (χ4v) is 4.72. The number of hydrogen-bond acceptors (Lipinski definition) is 3. The van der Waals surface area contributed by atoms with E-state index >= 15 is 0 Å². The van der Waals surface area contributed by atoms with Gasteiger partial charge in [0.05, 0.1) is 10.6 Å². The van der Waals surface area contributed by atoms with Gasteiger partial charge in [0.1, 0.15) is 0 Å². The summed E-state index contributed by atoms with van der Waals surface area (Å²) in [5, 5.41) is 0. The van der Waals surface area contributed by atoms with E-state index in [1.54, 1.807) is 0 Å². The molecule has 14 heavy (non-hydrogen) atoms. The van der Waals surface area contributed by atoms with Crippen LogP contribution in [0, 0.1) is 0 Å². The molecule has 2 nitrogen and oxygen atoms in total. The van der Waals surface area contributed by atoms with Crippen molar-refractivity contribution < 1.29 is 4.79 Å². The van der Waals surface area contributed by atoms with Crippen LogP contribution in [0.15, 0.2) is 0 Å². The topological polar surface area (TPSA) is 20.3 Å². The lowest BCUT2D eigenvalue weighted by atomic mass is 10.2. The molecule has 1 aliphatic heterocycles. The number of likely N-dealkylation sites (tertiary alicyclic amines) is 1. The third-order valence-electron chi connectivity index (χ3n) is 2.45. The molecule has 0 unspecified atom stereocenters. The fraction of sp³-hybridized carbons (Fsp3) is 0.900. The van der Waals surface area contributed by atoms with Crippen LogP contribution in [0.25, 0.3) is 0 Å². The van der Waals surface area contributed by atoms with Gasteiger partial charge in [-0.15, -0.1) is 23.5 Å². The molecule has 1 heterocycles. The van der Waals surface area contributed by atoms with Gasteiger partial charge in [-0.1, -0.05) is 13.8 Å². The summed E-state index contributed by atoms with van der Waals surface area (Å²) in [7, 11) is 0. The Labute approximate surface area is 95.2 Å². The molecule has 1 atom stereocenters. The lowest BCUT2D eigenvalue weighted by Crippen LogP contribution is -2.35. The van der Waals surface area contributed by atoms with Crippen molar-refractivity contribution in [3.8, 4) is 0 Å². The number of carbonyl (C=O) groups is 1. The molecule has 1 saturated heterocycles. The fourth-order valence-electron chi connectivity index (χ4n) is 1.84. The summed E-state index contributed by atoms with van der Waals surface area (Å²) in [6.07, 6.45) is 3.38. The molecule has 1 rings (SSSR count). The van der Waals surface area contributed by atoms with E-state index in [0.717, 1.165) is 24.5 Å². The van der Waals surface area contributed by atoms with Crippen LogP contribution in [0.4, 0.5) is 0 Å². The van der Waals surface area contributed by atoms with Gasteiger partial charge in [0.2, 0.25) is 6.41 Å². The number of thioether (sulfide) groups is 2. The average Bonchev–Trinajstić information content (AvgIpc) is 2.65. The molecule has 0 aliphatic carbocycles. The van der Waals surface area contributed by atoms with E-state index in [2.05, 4.69) is 13.8 Å². The van der Waals surface area contributed by atoms with Crippen LogP contribution in [0.5, 0.6) is 0 Å². The second-order valence-electron chi connectivity index (χ2n) is 3.33. The monoisotopic (exact) mass is 233 g/mol. The van der Waals surface area contributed by atoms with E-state index in [4.69, 9.17) is 0 Å². The second-order valence-corrected chi connectivity index (χ2v) is 6.47. The maximum Gasteiger partial charge on any atom is 0.210 e. The summed E-state index contributed by atoms with van der Waals surface area (Å²) >= 11 is 3.96. The van der Waals surface area contributed by atoms with E-state index in [1.807, 2.05) is 28.4 Å². The molecule has 0 aromatic heterocycles. The molecule has 1 aliphatic rings. The van der Waals surface area contributed by atoms with Gasteiger partial charge in [-0.3, -0.25) is 4.79 Å². The standard InChI is InChI=1S/C10H19NOS2/c1-3-13-10(14-4-2)9-6-5-7-11(9)8-12/h8-10H,3-7H2,1-2H3/t9-/m0/s1. The third-order valence-corrected chi connectivity index (χ3v) is 5.22. The van der Waals surface area contributed by atoms with Crippen LogP contribution < -0.4 is 0 Å². The van der Waals surface area contributed by atoms with Gasteiger partial charge in [-0.25, -0.2) is 0 Å². The zero-order valence-corrected chi connectivity index (χ0v) is 10.6. The Hall–Kier alpha value is 0.170. The maximum absolute atomic E-state index is 10.8. The van der Waals surface area contributed by atoms with Crippen molar-refractivity contribution in [1.29, 1.82) is 0 Å². The number of hydrogen-bond donors (Lipinski definition) is 0. The Morgan fingerprint density at radius 2 is 2.07 bits per heavy atom. The molecule has 1 fully saturated rings. The molecule has 82 valence electrons. The van der Waals surface area contributed by atoms with Crippen molar-refractivity contribution in [2.24, 2.45) is 0 Å². The molecule has 0 aromatic rings. The molecule has 0 radical (unpaired) electrons. The first-order valence-electron chi connectivity index (χ1n) is 5.27. The van der Waals surface area contributed by atoms with Crippen LogP contribution in [0.1, 0.15) is 26.7 Å². The zero-order valence-electron chi connectivity index (χ0n) is 8.94. The van der Waals surface area contributed by atoms with Crippen molar-refractivity contribution >= 4 is 29.9 Å². The van der Waals surface area contributed by atoms with Gasteiger partial charge in [0.15, 0.2) is 0 Å². The largest absolute Gasteiger partial charge is 0.340 e. The molecule has 4 heteroatoms. The average molecular weight is 233 g/mol. The highest BCUT2D eigenvalue weighted by Crippen LogP contribution is 2.33. The number of carbonyl (C=O) groups excluding carboxylic acids is 1. The lowest BCUT2D eigenvalue weighted by Gasteiger charge is -2.27. The van der Waals surface area contributed by atoms with E-state index < -0.39 is 0 Å². The number of amides is 1. The minimum Gasteiger partial charge on any atom is -0.340 e. The summed E-state index contributed by atoms with van der Waals surface area (Å²) in [5.74, 6) is 2.28. The summed E-state index contributed by atoms with van der Waals surface area (Å²) in [5.41, 5.74) is 0. The second kappa shape index (κ2) is 6.62. The number of rotatable bonds is 6. The van der Waals surface area contributed by atoms with Crippen LogP contribution in [0.2, 0.25) is 0 Å². The molecule has 1 amide bonds. The van der Waals surface area contributed by atoms with Crippen LogP contribution >= 0.6 is 23.5 Å².